The number of halogens is 1. The molecule has 2 aromatic rings. The summed E-state index contributed by atoms with van der Waals surface area (Å²) in [5.41, 5.74) is 0.849. The molecule has 1 heterocycles. The maximum atomic E-state index is 12.9. The first-order chi connectivity index (χ1) is 11.6. The summed E-state index contributed by atoms with van der Waals surface area (Å²) in [6.45, 7) is 0.0691. The molecule has 1 saturated carbocycles. The minimum atomic E-state index is -0.999. The molecule has 0 bridgehead atoms. The van der Waals surface area contributed by atoms with Crippen LogP contribution in [0.4, 0.5) is 4.39 Å². The van der Waals surface area contributed by atoms with E-state index in [9.17, 15) is 14.3 Å². The van der Waals surface area contributed by atoms with Crippen molar-refractivity contribution in [1.29, 1.82) is 0 Å². The van der Waals surface area contributed by atoms with Gasteiger partial charge in [0.1, 0.15) is 24.2 Å². The SMILES string of the molecule is O=C(Cn1cc(C(O)c2ccc(F)cc2)nn1)NC1CCCCC1. The summed E-state index contributed by atoms with van der Waals surface area (Å²) in [6, 6.07) is 5.80. The molecule has 1 fully saturated rings. The average molecular weight is 332 g/mol. The van der Waals surface area contributed by atoms with Gasteiger partial charge in [-0.25, -0.2) is 9.07 Å². The second kappa shape index (κ2) is 7.53. The van der Waals surface area contributed by atoms with Gasteiger partial charge in [0.25, 0.3) is 0 Å². The summed E-state index contributed by atoms with van der Waals surface area (Å²) in [4.78, 5) is 12.1. The number of nitrogens with zero attached hydrogens (tertiary/aromatic N) is 3. The van der Waals surface area contributed by atoms with Gasteiger partial charge in [-0.1, -0.05) is 36.6 Å². The molecule has 1 aromatic carbocycles. The molecule has 1 aliphatic carbocycles. The highest BCUT2D eigenvalue weighted by Gasteiger charge is 2.18. The molecule has 1 aromatic heterocycles. The summed E-state index contributed by atoms with van der Waals surface area (Å²) >= 11 is 0. The predicted molar refractivity (Wildman–Crippen MR) is 85.5 cm³/mol. The van der Waals surface area contributed by atoms with E-state index in [0.717, 1.165) is 25.7 Å². The van der Waals surface area contributed by atoms with Crippen LogP contribution in [0.25, 0.3) is 0 Å². The van der Waals surface area contributed by atoms with Gasteiger partial charge in [-0.15, -0.1) is 5.10 Å². The van der Waals surface area contributed by atoms with Gasteiger partial charge in [-0.3, -0.25) is 4.79 Å². The molecule has 1 aliphatic rings. The fourth-order valence-corrected chi connectivity index (χ4v) is 3.00. The Morgan fingerprint density at radius 2 is 2.00 bits per heavy atom. The zero-order chi connectivity index (χ0) is 16.9. The van der Waals surface area contributed by atoms with Gasteiger partial charge in [0.15, 0.2) is 0 Å². The fourth-order valence-electron chi connectivity index (χ4n) is 3.00. The Balaban J connectivity index is 1.58. The van der Waals surface area contributed by atoms with Gasteiger partial charge in [0, 0.05) is 6.04 Å². The number of amides is 1. The molecule has 6 nitrogen and oxygen atoms in total. The summed E-state index contributed by atoms with van der Waals surface area (Å²) in [5, 5.41) is 21.1. The Morgan fingerprint density at radius 3 is 2.71 bits per heavy atom. The van der Waals surface area contributed by atoms with Crippen LogP contribution in [0, 0.1) is 5.82 Å². The normalized spacial score (nSPS) is 16.8. The van der Waals surface area contributed by atoms with Crippen LogP contribution in [0.1, 0.15) is 49.5 Å². The van der Waals surface area contributed by atoms with Crippen molar-refractivity contribution >= 4 is 5.91 Å². The van der Waals surface area contributed by atoms with Crippen LogP contribution in [-0.2, 0) is 11.3 Å². The van der Waals surface area contributed by atoms with Crippen LogP contribution in [0.15, 0.2) is 30.5 Å². The Hall–Kier alpha value is -2.28. The monoisotopic (exact) mass is 332 g/mol. The van der Waals surface area contributed by atoms with E-state index in [0.29, 0.717) is 11.3 Å². The van der Waals surface area contributed by atoms with Crippen LogP contribution >= 0.6 is 0 Å². The van der Waals surface area contributed by atoms with E-state index in [1.54, 1.807) is 0 Å². The third-order valence-electron chi connectivity index (χ3n) is 4.30. The van der Waals surface area contributed by atoms with Gasteiger partial charge in [0.05, 0.1) is 6.20 Å². The summed E-state index contributed by atoms with van der Waals surface area (Å²) < 4.78 is 14.3. The molecule has 128 valence electrons. The lowest BCUT2D eigenvalue weighted by molar-refractivity contribution is -0.122. The minimum Gasteiger partial charge on any atom is -0.382 e. The van der Waals surface area contributed by atoms with Crippen LogP contribution in [0.5, 0.6) is 0 Å². The third kappa shape index (κ3) is 4.17. The zero-order valence-corrected chi connectivity index (χ0v) is 13.4. The number of nitrogens with one attached hydrogen (secondary N) is 1. The molecule has 0 saturated heterocycles. The van der Waals surface area contributed by atoms with E-state index in [1.807, 2.05) is 0 Å². The Kier molecular flexibility index (Phi) is 5.20. The van der Waals surface area contributed by atoms with Crippen molar-refractivity contribution < 1.29 is 14.3 Å². The second-order valence-electron chi connectivity index (χ2n) is 6.20. The Bertz CT molecular complexity index is 680. The first-order valence-electron chi connectivity index (χ1n) is 8.25. The van der Waals surface area contributed by atoms with E-state index >= 15 is 0 Å². The molecular formula is C17H21FN4O2. The number of carbonyl (C=O) groups excluding carboxylic acids is 1. The Morgan fingerprint density at radius 1 is 1.29 bits per heavy atom. The lowest BCUT2D eigenvalue weighted by atomic mass is 9.95. The first-order valence-corrected chi connectivity index (χ1v) is 8.25. The topological polar surface area (TPSA) is 80.0 Å². The number of benzene rings is 1. The third-order valence-corrected chi connectivity index (χ3v) is 4.30. The van der Waals surface area contributed by atoms with E-state index in [4.69, 9.17) is 0 Å². The van der Waals surface area contributed by atoms with Crippen molar-refractivity contribution in [3.05, 3.63) is 47.5 Å². The second-order valence-corrected chi connectivity index (χ2v) is 6.20. The highest BCUT2D eigenvalue weighted by atomic mass is 19.1. The summed E-state index contributed by atoms with van der Waals surface area (Å²) in [7, 11) is 0. The highest BCUT2D eigenvalue weighted by Crippen LogP contribution is 2.20. The van der Waals surface area contributed by atoms with Gasteiger partial charge >= 0.3 is 0 Å². The number of carbonyl (C=O) groups is 1. The first kappa shape index (κ1) is 16.6. The molecule has 0 spiro atoms. The minimum absolute atomic E-state index is 0.0691. The highest BCUT2D eigenvalue weighted by molar-refractivity contribution is 5.75. The van der Waals surface area contributed by atoms with Crippen LogP contribution in [0.3, 0.4) is 0 Å². The molecule has 1 amide bonds. The van der Waals surface area contributed by atoms with Gasteiger partial charge in [0.2, 0.25) is 5.91 Å². The van der Waals surface area contributed by atoms with Crippen LogP contribution in [0.2, 0.25) is 0 Å². The molecule has 24 heavy (non-hydrogen) atoms. The standard InChI is InChI=1S/C17H21FN4O2/c18-13-8-6-12(7-9-13)17(24)15-10-22(21-20-15)11-16(23)19-14-4-2-1-3-5-14/h6-10,14,17,24H,1-5,11H2,(H,19,23). The lowest BCUT2D eigenvalue weighted by Crippen LogP contribution is -2.38. The summed E-state index contributed by atoms with van der Waals surface area (Å²) in [6.07, 6.45) is 6.13. The van der Waals surface area contributed by atoms with Crippen molar-refractivity contribution in [3.8, 4) is 0 Å². The lowest BCUT2D eigenvalue weighted by Gasteiger charge is -2.22. The molecule has 1 atom stereocenters. The molecule has 7 heteroatoms. The molecule has 1 unspecified atom stereocenters. The van der Waals surface area contributed by atoms with Crippen molar-refractivity contribution in [3.63, 3.8) is 0 Å². The van der Waals surface area contributed by atoms with Crippen LogP contribution < -0.4 is 5.32 Å². The van der Waals surface area contributed by atoms with E-state index in [1.165, 1.54) is 41.6 Å². The van der Waals surface area contributed by atoms with E-state index in [-0.39, 0.29) is 24.3 Å². The van der Waals surface area contributed by atoms with Gasteiger partial charge in [-0.05, 0) is 30.5 Å². The van der Waals surface area contributed by atoms with Gasteiger partial charge in [-0.2, -0.15) is 0 Å². The Labute approximate surface area is 139 Å². The van der Waals surface area contributed by atoms with Crippen molar-refractivity contribution in [2.75, 3.05) is 0 Å². The molecule has 0 radical (unpaired) electrons. The number of aliphatic hydroxyl groups excluding tert-OH is 1. The molecule has 3 rings (SSSR count). The molecular weight excluding hydrogens is 311 g/mol. The largest absolute Gasteiger partial charge is 0.382 e. The van der Waals surface area contributed by atoms with Crippen LogP contribution in [-0.4, -0.2) is 32.0 Å². The van der Waals surface area contributed by atoms with E-state index in [2.05, 4.69) is 15.6 Å². The number of hydrogen-bond donors (Lipinski definition) is 2. The number of rotatable bonds is 5. The summed E-state index contributed by atoms with van der Waals surface area (Å²) in [5.74, 6) is -0.469. The molecule has 0 aliphatic heterocycles. The predicted octanol–water partition coefficient (Wildman–Crippen LogP) is 1.95. The van der Waals surface area contributed by atoms with Gasteiger partial charge < -0.3 is 10.4 Å². The quantitative estimate of drug-likeness (QED) is 0.877. The molecule has 2 N–H and O–H groups in total. The maximum Gasteiger partial charge on any atom is 0.242 e. The van der Waals surface area contributed by atoms with Crippen molar-refractivity contribution in [1.82, 2.24) is 20.3 Å². The van der Waals surface area contributed by atoms with Crippen molar-refractivity contribution in [2.45, 2.75) is 50.8 Å². The number of hydrogen-bond acceptors (Lipinski definition) is 4. The maximum absolute atomic E-state index is 12.9. The smallest absolute Gasteiger partial charge is 0.242 e. The van der Waals surface area contributed by atoms with Crippen molar-refractivity contribution in [2.24, 2.45) is 0 Å². The average Bonchev–Trinajstić information content (AvgIpc) is 3.04. The number of aromatic nitrogens is 3. The zero-order valence-electron chi connectivity index (χ0n) is 13.4. The van der Waals surface area contributed by atoms with E-state index < -0.39 is 6.10 Å². The fraction of sp³-hybridized carbons (Fsp3) is 0.471. The number of aliphatic hydroxyl groups is 1.